The van der Waals surface area contributed by atoms with Gasteiger partial charge in [-0.15, -0.1) is 6.04 Å². The van der Waals surface area contributed by atoms with Crippen molar-refractivity contribution in [1.82, 2.24) is 0 Å². The van der Waals surface area contributed by atoms with E-state index in [2.05, 4.69) is 95.9 Å². The Hall–Kier alpha value is 0.374. The molecule has 1 fully saturated rings. The van der Waals surface area contributed by atoms with Gasteiger partial charge in [-0.05, 0) is 31.6 Å². The third-order valence-electron chi connectivity index (χ3n) is 10.1. The van der Waals surface area contributed by atoms with Crippen LogP contribution in [0.2, 0.25) is 25.3 Å². The van der Waals surface area contributed by atoms with Gasteiger partial charge >= 0.3 is 32.7 Å². The molecule has 5 heteroatoms. The van der Waals surface area contributed by atoms with Crippen molar-refractivity contribution < 1.29 is 37.8 Å². The van der Waals surface area contributed by atoms with Crippen LogP contribution in [-0.4, -0.2) is 36.0 Å². The summed E-state index contributed by atoms with van der Waals surface area (Å²) in [5, 5.41) is 15.4. The molecule has 1 saturated heterocycles. The van der Waals surface area contributed by atoms with Crippen molar-refractivity contribution in [1.29, 1.82) is 0 Å². The molecule has 0 aliphatic carbocycles. The molecule has 0 aromatic heterocycles. The van der Waals surface area contributed by atoms with Crippen LogP contribution in [0.3, 0.4) is 0 Å². The second-order valence-corrected chi connectivity index (χ2v) is 12.2. The molecule has 0 spiro atoms. The summed E-state index contributed by atoms with van der Waals surface area (Å²) in [5.74, 6) is 3.85. The average Bonchev–Trinajstić information content (AvgIpc) is 2.75. The van der Waals surface area contributed by atoms with Crippen molar-refractivity contribution in [3.8, 4) is 0 Å². The summed E-state index contributed by atoms with van der Waals surface area (Å²) in [4.78, 5) is 0. The Balaban J connectivity index is 0. The van der Waals surface area contributed by atoms with Gasteiger partial charge in [0.05, 0.1) is 0 Å². The monoisotopic (exact) mass is 557 g/mol. The van der Waals surface area contributed by atoms with Crippen molar-refractivity contribution in [3.05, 3.63) is 46.6 Å². The molecule has 2 nitrogen and oxygen atoms in total. The second-order valence-electron chi connectivity index (χ2n) is 12.2. The van der Waals surface area contributed by atoms with Crippen molar-refractivity contribution in [2.24, 2.45) is 17.8 Å². The fourth-order valence-electron chi connectivity index (χ4n) is 5.52. The summed E-state index contributed by atoms with van der Waals surface area (Å²) in [6.07, 6.45) is 0. The minimum Gasteiger partial charge on any atom is -0.667 e. The van der Waals surface area contributed by atoms with Crippen LogP contribution in [0.25, 0.3) is 5.32 Å². The molecule has 0 saturated carbocycles. The molecule has 0 bridgehead atoms. The maximum absolute atomic E-state index is 10.3. The van der Waals surface area contributed by atoms with Gasteiger partial charge in [-0.25, -0.2) is 0 Å². The first-order valence-electron chi connectivity index (χ1n) is 13.3. The molecule has 0 radical (unpaired) electrons. The van der Waals surface area contributed by atoms with Gasteiger partial charge in [0, 0.05) is 5.60 Å². The van der Waals surface area contributed by atoms with Crippen LogP contribution in [0, 0.1) is 65.9 Å². The molecule has 1 aromatic rings. The van der Waals surface area contributed by atoms with Crippen LogP contribution < -0.4 is 0 Å². The van der Waals surface area contributed by atoms with E-state index in [0.717, 1.165) is 17.8 Å². The molecule has 0 amide bonds. The van der Waals surface area contributed by atoms with Gasteiger partial charge in [-0.3, -0.25) is 0 Å². The van der Waals surface area contributed by atoms with Gasteiger partial charge in [0.25, 0.3) is 0 Å². The Morgan fingerprint density at radius 1 is 0.771 bits per heavy atom. The smallest absolute Gasteiger partial charge is 0.667 e. The Morgan fingerprint density at radius 2 is 1.11 bits per heavy atom. The van der Waals surface area contributed by atoms with E-state index < -0.39 is 5.60 Å². The minimum absolute atomic E-state index is 0. The van der Waals surface area contributed by atoms with Gasteiger partial charge in [0.15, 0.2) is 0 Å². The number of benzene rings is 1. The largest absolute Gasteiger partial charge is 3.00 e. The Labute approximate surface area is 247 Å². The maximum atomic E-state index is 10.3. The van der Waals surface area contributed by atoms with E-state index >= 15 is 0 Å². The number of hydrogen-bond acceptors (Lipinski definition) is 1. The number of rotatable bonds is 3. The summed E-state index contributed by atoms with van der Waals surface area (Å²) in [6.45, 7) is 34.5. The second kappa shape index (κ2) is 15.1. The van der Waals surface area contributed by atoms with E-state index in [1.165, 1.54) is 27.8 Å². The quantitative estimate of drug-likeness (QED) is 0.294. The molecule has 1 heterocycles. The third-order valence-corrected chi connectivity index (χ3v) is 10.1. The predicted molar refractivity (Wildman–Crippen MR) is 158 cm³/mol. The van der Waals surface area contributed by atoms with Gasteiger partial charge in [-0.2, -0.15) is 39.7 Å². The molecular formula is C30H56B2NOY. The summed E-state index contributed by atoms with van der Waals surface area (Å²) in [5.41, 5.74) is 6.01. The molecule has 196 valence electrons. The van der Waals surface area contributed by atoms with Crippen LogP contribution in [0.15, 0.2) is 0 Å². The van der Waals surface area contributed by atoms with Crippen molar-refractivity contribution >= 4 is 13.4 Å². The van der Waals surface area contributed by atoms with Gasteiger partial charge in [-0.1, -0.05) is 101 Å². The zero-order chi connectivity index (χ0) is 26.0. The Kier molecular flexibility index (Phi) is 16.2. The zero-order valence-corrected chi connectivity index (χ0v) is 29.0. The molecular weight excluding hydrogens is 501 g/mol. The SMILES string of the molecule is CB1C([N-]C(C)C(C)(C)O)B(C)C(C)C(C)C(C)C(C)C1C.Cc1[c-]c(C)c(C)c(C)c1C.[CH3-].[Y+3]. The van der Waals surface area contributed by atoms with E-state index in [9.17, 15) is 5.11 Å². The summed E-state index contributed by atoms with van der Waals surface area (Å²) in [7, 11) is 0. The number of aliphatic hydroxyl groups is 1. The molecule has 1 aliphatic rings. The predicted octanol–water partition coefficient (Wildman–Crippen LogP) is 8.39. The average molecular weight is 557 g/mol. The molecule has 5 atom stereocenters. The third kappa shape index (κ3) is 9.26. The number of aryl methyl sites for hydroxylation is 2. The van der Waals surface area contributed by atoms with Crippen LogP contribution in [0.5, 0.6) is 0 Å². The fraction of sp³-hybridized carbons (Fsp3) is 0.767. The first-order chi connectivity index (χ1) is 14.9. The first-order valence-corrected chi connectivity index (χ1v) is 13.3. The number of nitrogens with zero attached hydrogens (tertiary/aromatic N) is 1. The van der Waals surface area contributed by atoms with Crippen molar-refractivity contribution in [3.63, 3.8) is 0 Å². The summed E-state index contributed by atoms with van der Waals surface area (Å²) < 4.78 is 0. The van der Waals surface area contributed by atoms with Crippen molar-refractivity contribution in [2.45, 2.75) is 133 Å². The summed E-state index contributed by atoms with van der Waals surface area (Å²) >= 11 is 0. The molecule has 5 unspecified atom stereocenters. The van der Waals surface area contributed by atoms with E-state index in [4.69, 9.17) is 5.32 Å². The Bertz CT molecular complexity index is 730. The van der Waals surface area contributed by atoms with E-state index in [1.54, 1.807) is 0 Å². The topological polar surface area (TPSA) is 34.3 Å². The van der Waals surface area contributed by atoms with Gasteiger partial charge in [0.1, 0.15) is 13.4 Å². The molecule has 1 aliphatic heterocycles. The Morgan fingerprint density at radius 3 is 1.43 bits per heavy atom. The van der Waals surface area contributed by atoms with Gasteiger partial charge in [0.2, 0.25) is 0 Å². The first kappa shape index (κ1) is 37.5. The summed E-state index contributed by atoms with van der Waals surface area (Å²) in [6, 6.07) is 3.32. The van der Waals surface area contributed by atoms with E-state index in [-0.39, 0.29) is 46.2 Å². The maximum Gasteiger partial charge on any atom is 3.00 e. The molecule has 1 N–H and O–H groups in total. The van der Waals surface area contributed by atoms with E-state index in [0.29, 0.717) is 30.9 Å². The fourth-order valence-corrected chi connectivity index (χ4v) is 5.52. The molecule has 2 rings (SSSR count). The van der Waals surface area contributed by atoms with Crippen molar-refractivity contribution in [2.75, 3.05) is 0 Å². The standard InChI is InChI=1S/C18H38B2NO.C11H15.CH3.Y/c1-11-12(2)14(4)19(9)17(20(10)15(5)13(11)3)21-16(6)18(7,8)22;1-7-6-8(2)10(4)11(5)9(7)3;;/h11-17,22H,1-10H3;1-5H3;1H3;/q3*-1;+3. The van der Waals surface area contributed by atoms with Crippen LogP contribution in [-0.2, 0) is 32.7 Å². The number of hydrogen-bond donors (Lipinski definition) is 1. The van der Waals surface area contributed by atoms with Crippen LogP contribution in [0.4, 0.5) is 0 Å². The van der Waals surface area contributed by atoms with Crippen LogP contribution >= 0.6 is 0 Å². The van der Waals surface area contributed by atoms with Gasteiger partial charge < -0.3 is 17.8 Å². The molecule has 1 aromatic carbocycles. The molecule has 35 heavy (non-hydrogen) atoms. The normalized spacial score (nSPS) is 28.0. The minimum atomic E-state index is -0.737. The zero-order valence-electron chi connectivity index (χ0n) is 26.2. The van der Waals surface area contributed by atoms with Crippen LogP contribution in [0.1, 0.15) is 83.2 Å². The van der Waals surface area contributed by atoms with E-state index in [1.807, 2.05) is 13.8 Å².